The minimum atomic E-state index is -1.08. The maximum atomic E-state index is 11.6. The summed E-state index contributed by atoms with van der Waals surface area (Å²) in [5, 5.41) is 32.6. The minimum absolute atomic E-state index is 0.137. The van der Waals surface area contributed by atoms with Crippen molar-refractivity contribution in [1.82, 2.24) is 0 Å². The molecule has 3 heteroatoms. The maximum absolute atomic E-state index is 11.6. The third-order valence-corrected chi connectivity index (χ3v) is 11.0. The zero-order chi connectivity index (χ0) is 21.9. The Morgan fingerprint density at radius 1 is 0.833 bits per heavy atom. The van der Waals surface area contributed by atoms with E-state index in [1.165, 1.54) is 57.8 Å². The van der Waals surface area contributed by atoms with Crippen LogP contribution in [0.4, 0.5) is 0 Å². The molecule has 0 amide bonds. The highest BCUT2D eigenvalue weighted by molar-refractivity contribution is 5.12. The van der Waals surface area contributed by atoms with Crippen LogP contribution in [0.3, 0.4) is 0 Å². The monoisotopic (exact) mass is 420 g/mol. The number of fused-ring (bicyclic) bond motifs is 5. The third-order valence-electron chi connectivity index (χ3n) is 11.0. The van der Waals surface area contributed by atoms with Gasteiger partial charge in [0, 0.05) is 0 Å². The van der Waals surface area contributed by atoms with E-state index in [2.05, 4.69) is 13.8 Å². The molecule has 0 aliphatic heterocycles. The number of hydrogen-bond acceptors (Lipinski definition) is 3. The van der Waals surface area contributed by atoms with E-state index in [0.29, 0.717) is 24.2 Å². The molecule has 0 radical (unpaired) electrons. The largest absolute Gasteiger partial charge is 0.390 e. The molecule has 0 spiro atoms. The predicted molar refractivity (Wildman–Crippen MR) is 122 cm³/mol. The van der Waals surface area contributed by atoms with Gasteiger partial charge in [-0.15, -0.1) is 0 Å². The zero-order valence-electron chi connectivity index (χ0n) is 20.3. The Hall–Kier alpha value is -0.120. The van der Waals surface area contributed by atoms with Crippen molar-refractivity contribution in [2.75, 3.05) is 0 Å². The number of aliphatic hydroxyl groups is 3. The van der Waals surface area contributed by atoms with Crippen molar-refractivity contribution in [3.8, 4) is 0 Å². The summed E-state index contributed by atoms with van der Waals surface area (Å²) in [5.41, 5.74) is -1.19. The second-order valence-electron chi connectivity index (χ2n) is 13.2. The molecule has 174 valence electrons. The molecule has 4 rings (SSSR count). The molecule has 0 aromatic heterocycles. The van der Waals surface area contributed by atoms with Gasteiger partial charge in [0.25, 0.3) is 0 Å². The first kappa shape index (κ1) is 23.1. The van der Waals surface area contributed by atoms with E-state index in [0.717, 1.165) is 24.2 Å². The molecule has 9 atom stereocenters. The Morgan fingerprint density at radius 3 is 2.23 bits per heavy atom. The molecule has 0 saturated heterocycles. The van der Waals surface area contributed by atoms with Crippen LogP contribution < -0.4 is 0 Å². The van der Waals surface area contributed by atoms with Gasteiger partial charge in [0.1, 0.15) is 0 Å². The molecular weight excluding hydrogens is 372 g/mol. The van der Waals surface area contributed by atoms with Crippen molar-refractivity contribution in [3.63, 3.8) is 0 Å². The van der Waals surface area contributed by atoms with Crippen molar-refractivity contribution < 1.29 is 15.3 Å². The number of hydrogen-bond donors (Lipinski definition) is 3. The van der Waals surface area contributed by atoms with Crippen LogP contribution in [0.1, 0.15) is 112 Å². The molecule has 0 bridgehead atoms. The average Bonchev–Trinajstić information content (AvgIpc) is 3.03. The van der Waals surface area contributed by atoms with E-state index in [4.69, 9.17) is 0 Å². The van der Waals surface area contributed by atoms with Gasteiger partial charge < -0.3 is 15.3 Å². The van der Waals surface area contributed by atoms with Gasteiger partial charge in [0.05, 0.1) is 17.3 Å². The van der Waals surface area contributed by atoms with Gasteiger partial charge in [0.15, 0.2) is 0 Å². The van der Waals surface area contributed by atoms with Crippen LogP contribution in [0, 0.1) is 40.4 Å². The van der Waals surface area contributed by atoms with Crippen LogP contribution >= 0.6 is 0 Å². The lowest BCUT2D eigenvalue weighted by atomic mass is 9.44. The Balaban J connectivity index is 1.52. The summed E-state index contributed by atoms with van der Waals surface area (Å²) < 4.78 is 0. The minimum Gasteiger partial charge on any atom is -0.390 e. The van der Waals surface area contributed by atoms with Crippen molar-refractivity contribution in [1.29, 1.82) is 0 Å². The quantitative estimate of drug-likeness (QED) is 0.535. The van der Waals surface area contributed by atoms with Crippen molar-refractivity contribution in [3.05, 3.63) is 0 Å². The van der Waals surface area contributed by atoms with Gasteiger partial charge in [0.2, 0.25) is 0 Å². The lowest BCUT2D eigenvalue weighted by Gasteiger charge is -2.61. The highest BCUT2D eigenvalue weighted by Gasteiger charge is 2.62. The SMILES string of the molecule is CC(C)(O)CCC(O)[C@](C)(O)[C@H]1CC[C@H]2[C@@H]3CCC4CCCC[C@]4(C)[C@H]3CC[C@@]21C. The summed E-state index contributed by atoms with van der Waals surface area (Å²) in [5.74, 6) is 3.50. The Labute approximate surface area is 185 Å². The summed E-state index contributed by atoms with van der Waals surface area (Å²) in [6, 6.07) is 0. The lowest BCUT2D eigenvalue weighted by Crippen LogP contribution is -2.56. The van der Waals surface area contributed by atoms with Crippen LogP contribution in [-0.2, 0) is 0 Å². The molecule has 4 aliphatic carbocycles. The fraction of sp³-hybridized carbons (Fsp3) is 1.00. The summed E-state index contributed by atoms with van der Waals surface area (Å²) >= 11 is 0. The van der Waals surface area contributed by atoms with Crippen LogP contribution in [0.5, 0.6) is 0 Å². The molecule has 2 unspecified atom stereocenters. The predicted octanol–water partition coefficient (Wildman–Crippen LogP) is 5.70. The van der Waals surface area contributed by atoms with Gasteiger partial charge in [-0.1, -0.05) is 26.7 Å². The Morgan fingerprint density at radius 2 is 1.53 bits per heavy atom. The van der Waals surface area contributed by atoms with Crippen LogP contribution in [-0.4, -0.2) is 32.6 Å². The second kappa shape index (κ2) is 7.73. The highest BCUT2D eigenvalue weighted by atomic mass is 16.3. The maximum Gasteiger partial charge on any atom is 0.0910 e. The van der Waals surface area contributed by atoms with E-state index < -0.39 is 17.3 Å². The molecule has 4 aliphatic rings. The van der Waals surface area contributed by atoms with Gasteiger partial charge >= 0.3 is 0 Å². The highest BCUT2D eigenvalue weighted by Crippen LogP contribution is 2.68. The van der Waals surface area contributed by atoms with Gasteiger partial charge in [-0.2, -0.15) is 0 Å². The summed E-state index contributed by atoms with van der Waals surface area (Å²) in [6.45, 7) is 10.5. The van der Waals surface area contributed by atoms with Crippen molar-refractivity contribution >= 4 is 0 Å². The molecule has 4 fully saturated rings. The van der Waals surface area contributed by atoms with Gasteiger partial charge in [-0.3, -0.25) is 0 Å². The van der Waals surface area contributed by atoms with Crippen molar-refractivity contribution in [2.24, 2.45) is 40.4 Å². The first-order chi connectivity index (χ1) is 13.9. The fourth-order valence-electron chi connectivity index (χ4n) is 9.27. The lowest BCUT2D eigenvalue weighted by molar-refractivity contribution is -0.164. The van der Waals surface area contributed by atoms with Gasteiger partial charge in [-0.25, -0.2) is 0 Å². The molecule has 0 aromatic carbocycles. The Kier molecular flexibility index (Phi) is 5.94. The summed E-state index contributed by atoms with van der Waals surface area (Å²) in [6.07, 6.45) is 13.5. The van der Waals surface area contributed by atoms with E-state index in [9.17, 15) is 15.3 Å². The average molecular weight is 421 g/mol. The normalized spacial score (nSPS) is 47.0. The summed E-state index contributed by atoms with van der Waals surface area (Å²) in [4.78, 5) is 0. The first-order valence-electron chi connectivity index (χ1n) is 13.0. The topological polar surface area (TPSA) is 60.7 Å². The Bertz CT molecular complexity index is 622. The van der Waals surface area contributed by atoms with Crippen molar-refractivity contribution in [2.45, 2.75) is 129 Å². The molecule has 3 nitrogen and oxygen atoms in total. The number of rotatable bonds is 5. The molecule has 30 heavy (non-hydrogen) atoms. The van der Waals surface area contributed by atoms with E-state index in [1.807, 2.05) is 6.92 Å². The van der Waals surface area contributed by atoms with E-state index in [-0.39, 0.29) is 11.3 Å². The van der Waals surface area contributed by atoms with Crippen LogP contribution in [0.25, 0.3) is 0 Å². The molecular formula is C27H48O3. The summed E-state index contributed by atoms with van der Waals surface area (Å²) in [7, 11) is 0. The molecule has 0 aromatic rings. The number of aliphatic hydroxyl groups excluding tert-OH is 1. The second-order valence-corrected chi connectivity index (χ2v) is 13.2. The third kappa shape index (κ3) is 3.69. The van der Waals surface area contributed by atoms with E-state index >= 15 is 0 Å². The van der Waals surface area contributed by atoms with Crippen LogP contribution in [0.2, 0.25) is 0 Å². The first-order valence-corrected chi connectivity index (χ1v) is 13.0. The molecule has 3 N–H and O–H groups in total. The van der Waals surface area contributed by atoms with E-state index in [1.54, 1.807) is 13.8 Å². The molecule has 4 saturated carbocycles. The van der Waals surface area contributed by atoms with Crippen LogP contribution in [0.15, 0.2) is 0 Å². The fourth-order valence-corrected chi connectivity index (χ4v) is 9.27. The smallest absolute Gasteiger partial charge is 0.0910 e. The molecule has 0 heterocycles. The van der Waals surface area contributed by atoms with Gasteiger partial charge in [-0.05, 0) is 125 Å². The standard InChI is InChI=1S/C27H48O3/c1-24(2,29)16-14-23(28)27(5,30)22-12-11-20-19-10-9-18-8-6-7-15-25(18,3)21(19)13-17-26(20,22)4/h18-23,28-30H,6-17H2,1-5H3/t18?,19-,20-,21-,22-,23?,25-,26-,27+/m0/s1. The zero-order valence-corrected chi connectivity index (χ0v) is 20.3.